The van der Waals surface area contributed by atoms with Crippen LogP contribution in [0, 0.1) is 0 Å². The molecule has 0 radical (unpaired) electrons. The third kappa shape index (κ3) is 6.43. The molecule has 0 spiro atoms. The normalized spacial score (nSPS) is 14.4. The van der Waals surface area contributed by atoms with Crippen LogP contribution in [-0.2, 0) is 14.2 Å². The predicted molar refractivity (Wildman–Crippen MR) is 65.3 cm³/mol. The summed E-state index contributed by atoms with van der Waals surface area (Å²) < 4.78 is 16.3. The van der Waals surface area contributed by atoms with Gasteiger partial charge in [-0.3, -0.25) is 0 Å². The Morgan fingerprint density at radius 2 is 1.62 bits per heavy atom. The van der Waals surface area contributed by atoms with Gasteiger partial charge < -0.3 is 19.9 Å². The van der Waals surface area contributed by atoms with Crippen LogP contribution in [0.3, 0.4) is 0 Å². The molecule has 0 aliphatic rings. The number of nitrogens with two attached hydrogens (primary N) is 1. The van der Waals surface area contributed by atoms with Gasteiger partial charge in [0, 0.05) is 20.3 Å². The van der Waals surface area contributed by atoms with E-state index in [9.17, 15) is 0 Å². The molecule has 98 valence electrons. The molecule has 16 heavy (non-hydrogen) atoms. The molecule has 0 aromatic heterocycles. The fraction of sp³-hybridized carbons (Fsp3) is 1.00. The lowest BCUT2D eigenvalue weighted by molar-refractivity contribution is -0.151. The average molecular weight is 233 g/mol. The molecule has 0 fully saturated rings. The number of hydrogen-bond donors (Lipinski definition) is 1. The van der Waals surface area contributed by atoms with E-state index in [0.717, 1.165) is 12.8 Å². The molecule has 0 heterocycles. The number of hydrogen-bond acceptors (Lipinski definition) is 4. The summed E-state index contributed by atoms with van der Waals surface area (Å²) >= 11 is 0. The van der Waals surface area contributed by atoms with Gasteiger partial charge in [-0.1, -0.05) is 0 Å². The fourth-order valence-corrected chi connectivity index (χ4v) is 1.38. The number of ether oxygens (including phenoxy) is 3. The molecule has 2 N–H and O–H groups in total. The van der Waals surface area contributed by atoms with Crippen molar-refractivity contribution in [2.75, 3.05) is 20.3 Å². The van der Waals surface area contributed by atoms with Gasteiger partial charge in [0.15, 0.2) is 6.29 Å². The van der Waals surface area contributed by atoms with Crippen molar-refractivity contribution in [3.05, 3.63) is 0 Å². The first-order valence-electron chi connectivity index (χ1n) is 6.00. The van der Waals surface area contributed by atoms with Crippen LogP contribution in [0.25, 0.3) is 0 Å². The third-order valence-corrected chi connectivity index (χ3v) is 2.64. The third-order valence-electron chi connectivity index (χ3n) is 2.64. The largest absolute Gasteiger partial charge is 0.379 e. The van der Waals surface area contributed by atoms with Gasteiger partial charge in [-0.25, -0.2) is 0 Å². The van der Waals surface area contributed by atoms with Gasteiger partial charge in [-0.2, -0.15) is 0 Å². The smallest absolute Gasteiger partial charge is 0.172 e. The Bertz CT molecular complexity index is 168. The van der Waals surface area contributed by atoms with Crippen molar-refractivity contribution in [3.63, 3.8) is 0 Å². The second-order valence-corrected chi connectivity index (χ2v) is 4.45. The zero-order chi connectivity index (χ0) is 12.6. The van der Waals surface area contributed by atoms with E-state index in [1.165, 1.54) is 0 Å². The van der Waals surface area contributed by atoms with Gasteiger partial charge >= 0.3 is 0 Å². The van der Waals surface area contributed by atoms with Crippen LogP contribution < -0.4 is 5.73 Å². The molecule has 1 atom stereocenters. The highest BCUT2D eigenvalue weighted by atomic mass is 16.7. The van der Waals surface area contributed by atoms with Crippen molar-refractivity contribution in [2.45, 2.75) is 58.5 Å². The predicted octanol–water partition coefficient (Wildman–Crippen LogP) is 1.92. The van der Waals surface area contributed by atoms with Gasteiger partial charge in [0.05, 0.1) is 11.6 Å². The minimum absolute atomic E-state index is 0.102. The standard InChI is InChI=1S/C12H27NO3/c1-6-15-11(16-7-2)10(13)8-9-12(3,4)14-5/h10-11H,6-9,13H2,1-5H3. The number of methoxy groups -OCH3 is 1. The molecule has 0 rings (SSSR count). The van der Waals surface area contributed by atoms with Gasteiger partial charge in [0.1, 0.15) is 0 Å². The average Bonchev–Trinajstić information content (AvgIpc) is 2.26. The van der Waals surface area contributed by atoms with Crippen LogP contribution in [0.5, 0.6) is 0 Å². The summed E-state index contributed by atoms with van der Waals surface area (Å²) in [6, 6.07) is -0.102. The van der Waals surface area contributed by atoms with Crippen molar-refractivity contribution in [3.8, 4) is 0 Å². The molecule has 0 saturated heterocycles. The van der Waals surface area contributed by atoms with Crippen molar-refractivity contribution < 1.29 is 14.2 Å². The summed E-state index contributed by atoms with van der Waals surface area (Å²) in [4.78, 5) is 0. The van der Waals surface area contributed by atoms with Crippen LogP contribution in [0.4, 0.5) is 0 Å². The van der Waals surface area contributed by atoms with E-state index in [1.807, 2.05) is 13.8 Å². The maximum absolute atomic E-state index is 6.05. The zero-order valence-electron chi connectivity index (χ0n) is 11.3. The van der Waals surface area contributed by atoms with Gasteiger partial charge in [0.2, 0.25) is 0 Å². The maximum atomic E-state index is 6.05. The second kappa shape index (κ2) is 8.01. The summed E-state index contributed by atoms with van der Waals surface area (Å²) in [5.74, 6) is 0. The Morgan fingerprint density at radius 1 is 1.12 bits per heavy atom. The fourth-order valence-electron chi connectivity index (χ4n) is 1.38. The van der Waals surface area contributed by atoms with Crippen molar-refractivity contribution in [2.24, 2.45) is 5.73 Å². The lowest BCUT2D eigenvalue weighted by Gasteiger charge is -2.28. The first-order valence-corrected chi connectivity index (χ1v) is 6.00. The summed E-state index contributed by atoms with van der Waals surface area (Å²) in [7, 11) is 1.72. The molecule has 0 aromatic rings. The minimum atomic E-state index is -0.303. The van der Waals surface area contributed by atoms with E-state index in [0.29, 0.717) is 13.2 Å². The lowest BCUT2D eigenvalue weighted by Crippen LogP contribution is -2.40. The van der Waals surface area contributed by atoms with E-state index in [4.69, 9.17) is 19.9 Å². The molecular formula is C12H27NO3. The SMILES string of the molecule is CCOC(OCC)C(N)CCC(C)(C)OC. The Kier molecular flexibility index (Phi) is 7.93. The van der Waals surface area contributed by atoms with E-state index >= 15 is 0 Å². The summed E-state index contributed by atoms with van der Waals surface area (Å²) in [6.45, 7) is 9.22. The molecule has 1 unspecified atom stereocenters. The van der Waals surface area contributed by atoms with Gasteiger partial charge in [-0.05, 0) is 40.5 Å². The Balaban J connectivity index is 4.04. The highest BCUT2D eigenvalue weighted by molar-refractivity contribution is 4.74. The summed E-state index contributed by atoms with van der Waals surface area (Å²) in [5.41, 5.74) is 5.91. The minimum Gasteiger partial charge on any atom is -0.379 e. The van der Waals surface area contributed by atoms with Gasteiger partial charge in [-0.15, -0.1) is 0 Å². The van der Waals surface area contributed by atoms with Crippen LogP contribution in [0.1, 0.15) is 40.5 Å². The molecule has 0 bridgehead atoms. The summed E-state index contributed by atoms with van der Waals surface area (Å²) in [5, 5.41) is 0. The quantitative estimate of drug-likeness (QED) is 0.618. The number of rotatable bonds is 9. The van der Waals surface area contributed by atoms with Crippen molar-refractivity contribution >= 4 is 0 Å². The van der Waals surface area contributed by atoms with E-state index in [-0.39, 0.29) is 17.9 Å². The van der Waals surface area contributed by atoms with Crippen molar-refractivity contribution in [1.29, 1.82) is 0 Å². The van der Waals surface area contributed by atoms with Crippen LogP contribution >= 0.6 is 0 Å². The molecule has 0 saturated carbocycles. The van der Waals surface area contributed by atoms with E-state index in [2.05, 4.69) is 13.8 Å². The Labute approximate surface area is 99.4 Å². The zero-order valence-corrected chi connectivity index (χ0v) is 11.3. The lowest BCUT2D eigenvalue weighted by atomic mass is 9.99. The molecule has 0 aliphatic carbocycles. The Morgan fingerprint density at radius 3 is 2.00 bits per heavy atom. The van der Waals surface area contributed by atoms with Gasteiger partial charge in [0.25, 0.3) is 0 Å². The molecule has 0 aromatic carbocycles. The monoisotopic (exact) mass is 233 g/mol. The highest BCUT2D eigenvalue weighted by Crippen LogP contribution is 2.18. The van der Waals surface area contributed by atoms with Crippen LogP contribution in [0.15, 0.2) is 0 Å². The van der Waals surface area contributed by atoms with Crippen molar-refractivity contribution in [1.82, 2.24) is 0 Å². The highest BCUT2D eigenvalue weighted by Gasteiger charge is 2.23. The molecule has 0 amide bonds. The summed E-state index contributed by atoms with van der Waals surface area (Å²) in [6.07, 6.45) is 1.41. The van der Waals surface area contributed by atoms with Crippen LogP contribution in [0.2, 0.25) is 0 Å². The Hall–Kier alpha value is -0.160. The second-order valence-electron chi connectivity index (χ2n) is 4.45. The first kappa shape index (κ1) is 15.8. The first-order chi connectivity index (χ1) is 7.46. The molecule has 4 heteroatoms. The van der Waals surface area contributed by atoms with E-state index in [1.54, 1.807) is 7.11 Å². The van der Waals surface area contributed by atoms with Crippen LogP contribution in [-0.4, -0.2) is 38.3 Å². The molecular weight excluding hydrogens is 206 g/mol. The molecule has 0 aliphatic heterocycles. The maximum Gasteiger partial charge on any atom is 0.172 e. The topological polar surface area (TPSA) is 53.7 Å². The van der Waals surface area contributed by atoms with E-state index < -0.39 is 0 Å². The molecule has 4 nitrogen and oxygen atoms in total.